The molecule has 0 spiro atoms. The first-order valence-corrected chi connectivity index (χ1v) is 10.1. The maximum Gasteiger partial charge on any atom is 0.266 e. The Balaban J connectivity index is 1.54. The summed E-state index contributed by atoms with van der Waals surface area (Å²) in [5.74, 6) is 1.46. The summed E-state index contributed by atoms with van der Waals surface area (Å²) in [6.45, 7) is 8.17. The third-order valence-corrected chi connectivity index (χ3v) is 5.52. The van der Waals surface area contributed by atoms with Crippen molar-refractivity contribution < 1.29 is 9.53 Å². The second kappa shape index (κ2) is 7.51. The average Bonchev–Trinajstić information content (AvgIpc) is 3.16. The minimum atomic E-state index is -0.950. The fraction of sp³-hybridized carbons (Fsp3) is 0.500. The lowest BCUT2D eigenvalue weighted by Crippen LogP contribution is -2.48. The number of hydrogen-bond donors (Lipinski definition) is 1. The zero-order valence-electron chi connectivity index (χ0n) is 16.9. The van der Waals surface area contributed by atoms with Gasteiger partial charge in [-0.15, -0.1) is 0 Å². The van der Waals surface area contributed by atoms with Gasteiger partial charge in [0.15, 0.2) is 11.4 Å². The Morgan fingerprint density at radius 1 is 1.36 bits per heavy atom. The fourth-order valence-corrected chi connectivity index (χ4v) is 4.05. The second-order valence-electron chi connectivity index (χ2n) is 8.21. The van der Waals surface area contributed by atoms with Crippen molar-refractivity contribution in [1.29, 1.82) is 0 Å². The molecule has 0 radical (unpaired) electrons. The number of benzene rings is 1. The number of aryl methyl sites for hydroxylation is 1. The SMILES string of the molecule is Cc1cccc(OC(C)(C)C(=O)N2CCC[C@@H]2c2ncc3c(n2)CCNC3)c1. The van der Waals surface area contributed by atoms with Gasteiger partial charge in [-0.1, -0.05) is 12.1 Å². The molecule has 3 heterocycles. The smallest absolute Gasteiger partial charge is 0.266 e. The molecule has 28 heavy (non-hydrogen) atoms. The van der Waals surface area contributed by atoms with Crippen LogP contribution in [0.1, 0.15) is 55.4 Å². The Labute approximate surface area is 166 Å². The Hall–Kier alpha value is -2.47. The molecular formula is C22H28N4O2. The first kappa shape index (κ1) is 18.9. The van der Waals surface area contributed by atoms with Gasteiger partial charge in [0.05, 0.1) is 6.04 Å². The van der Waals surface area contributed by atoms with Crippen LogP contribution >= 0.6 is 0 Å². The van der Waals surface area contributed by atoms with Crippen LogP contribution in [0, 0.1) is 6.92 Å². The van der Waals surface area contributed by atoms with Gasteiger partial charge in [0.2, 0.25) is 0 Å². The van der Waals surface area contributed by atoms with Gasteiger partial charge in [0.1, 0.15) is 5.75 Å². The number of likely N-dealkylation sites (tertiary alicyclic amines) is 1. The zero-order valence-corrected chi connectivity index (χ0v) is 16.9. The molecule has 148 valence electrons. The topological polar surface area (TPSA) is 67.3 Å². The number of nitrogens with one attached hydrogen (secondary N) is 1. The van der Waals surface area contributed by atoms with Crippen molar-refractivity contribution in [1.82, 2.24) is 20.2 Å². The van der Waals surface area contributed by atoms with Crippen LogP contribution in [0.3, 0.4) is 0 Å². The number of fused-ring (bicyclic) bond motifs is 1. The molecule has 1 aromatic heterocycles. The van der Waals surface area contributed by atoms with E-state index in [0.717, 1.165) is 55.0 Å². The first-order valence-electron chi connectivity index (χ1n) is 10.1. The molecule has 0 aliphatic carbocycles. The summed E-state index contributed by atoms with van der Waals surface area (Å²) >= 11 is 0. The van der Waals surface area contributed by atoms with Crippen molar-refractivity contribution in [3.8, 4) is 5.75 Å². The number of amides is 1. The summed E-state index contributed by atoms with van der Waals surface area (Å²) in [6.07, 6.45) is 4.68. The van der Waals surface area contributed by atoms with Gasteiger partial charge in [0.25, 0.3) is 5.91 Å². The Morgan fingerprint density at radius 2 is 2.21 bits per heavy atom. The van der Waals surface area contributed by atoms with Gasteiger partial charge in [-0.2, -0.15) is 0 Å². The normalized spacial score (nSPS) is 19.4. The van der Waals surface area contributed by atoms with Crippen LogP contribution in [-0.2, 0) is 17.8 Å². The highest BCUT2D eigenvalue weighted by Crippen LogP contribution is 2.33. The van der Waals surface area contributed by atoms with Crippen molar-refractivity contribution in [2.45, 2.75) is 58.2 Å². The molecule has 0 saturated carbocycles. The van der Waals surface area contributed by atoms with E-state index in [1.54, 1.807) is 0 Å². The third kappa shape index (κ3) is 3.74. The van der Waals surface area contributed by atoms with Gasteiger partial charge in [-0.25, -0.2) is 9.97 Å². The van der Waals surface area contributed by atoms with Crippen LogP contribution in [0.4, 0.5) is 0 Å². The van der Waals surface area contributed by atoms with Gasteiger partial charge in [-0.3, -0.25) is 4.79 Å². The minimum absolute atomic E-state index is 0.0144. The van der Waals surface area contributed by atoms with E-state index in [-0.39, 0.29) is 11.9 Å². The lowest BCUT2D eigenvalue weighted by Gasteiger charge is -2.33. The molecule has 1 atom stereocenters. The molecule has 4 rings (SSSR count). The number of hydrogen-bond acceptors (Lipinski definition) is 5. The van der Waals surface area contributed by atoms with Gasteiger partial charge >= 0.3 is 0 Å². The van der Waals surface area contributed by atoms with E-state index in [9.17, 15) is 4.79 Å². The van der Waals surface area contributed by atoms with E-state index in [1.165, 1.54) is 0 Å². The molecule has 1 N–H and O–H groups in total. The molecule has 2 aliphatic rings. The highest BCUT2D eigenvalue weighted by atomic mass is 16.5. The molecule has 1 aromatic carbocycles. The minimum Gasteiger partial charge on any atom is -0.478 e. The number of carbonyl (C=O) groups is 1. The number of carbonyl (C=O) groups excluding carboxylic acids is 1. The van der Waals surface area contributed by atoms with E-state index < -0.39 is 5.60 Å². The van der Waals surface area contributed by atoms with Gasteiger partial charge < -0.3 is 15.0 Å². The van der Waals surface area contributed by atoms with E-state index in [2.05, 4.69) is 10.3 Å². The third-order valence-electron chi connectivity index (χ3n) is 5.52. The van der Waals surface area contributed by atoms with E-state index in [1.807, 2.05) is 56.1 Å². The Morgan fingerprint density at radius 3 is 3.04 bits per heavy atom. The van der Waals surface area contributed by atoms with E-state index >= 15 is 0 Å². The highest BCUT2D eigenvalue weighted by molar-refractivity contribution is 5.85. The molecule has 0 bridgehead atoms. The summed E-state index contributed by atoms with van der Waals surface area (Å²) in [7, 11) is 0. The van der Waals surface area contributed by atoms with Crippen LogP contribution < -0.4 is 10.1 Å². The molecule has 1 amide bonds. The molecule has 2 aromatic rings. The van der Waals surface area contributed by atoms with Crippen molar-refractivity contribution in [3.63, 3.8) is 0 Å². The predicted octanol–water partition coefficient (Wildman–Crippen LogP) is 2.95. The quantitative estimate of drug-likeness (QED) is 0.883. The molecule has 6 nitrogen and oxygen atoms in total. The average molecular weight is 380 g/mol. The Bertz CT molecular complexity index is 881. The maximum absolute atomic E-state index is 13.4. The number of rotatable bonds is 4. The van der Waals surface area contributed by atoms with Gasteiger partial charge in [0, 0.05) is 43.5 Å². The monoisotopic (exact) mass is 380 g/mol. The van der Waals surface area contributed by atoms with Crippen LogP contribution in [0.2, 0.25) is 0 Å². The lowest BCUT2D eigenvalue weighted by molar-refractivity contribution is -0.146. The standard InChI is InChI=1S/C22H28N4O2/c1-15-6-4-7-17(12-15)28-22(2,3)21(27)26-11-5-8-19(26)20-24-14-16-13-23-10-9-18(16)25-20/h4,6-7,12,14,19,23H,5,8-11,13H2,1-3H3/t19-/m1/s1. The van der Waals surface area contributed by atoms with Crippen molar-refractivity contribution in [3.05, 3.63) is 53.1 Å². The Kier molecular flexibility index (Phi) is 5.06. The molecule has 0 unspecified atom stereocenters. The summed E-state index contributed by atoms with van der Waals surface area (Å²) in [5, 5.41) is 3.34. The summed E-state index contributed by atoms with van der Waals surface area (Å²) in [4.78, 5) is 24.7. The van der Waals surface area contributed by atoms with Crippen molar-refractivity contribution in [2.75, 3.05) is 13.1 Å². The summed E-state index contributed by atoms with van der Waals surface area (Å²) in [5.41, 5.74) is 2.43. The zero-order chi connectivity index (χ0) is 19.7. The van der Waals surface area contributed by atoms with Crippen molar-refractivity contribution >= 4 is 5.91 Å². The number of aromatic nitrogens is 2. The maximum atomic E-state index is 13.4. The molecule has 6 heteroatoms. The molecule has 2 aliphatic heterocycles. The number of ether oxygens (including phenoxy) is 1. The first-order chi connectivity index (χ1) is 13.4. The van der Waals surface area contributed by atoms with Crippen LogP contribution in [0.15, 0.2) is 30.5 Å². The largest absolute Gasteiger partial charge is 0.478 e. The highest BCUT2D eigenvalue weighted by Gasteiger charge is 2.41. The van der Waals surface area contributed by atoms with Crippen LogP contribution in [0.25, 0.3) is 0 Å². The van der Waals surface area contributed by atoms with E-state index in [0.29, 0.717) is 12.3 Å². The van der Waals surface area contributed by atoms with E-state index in [4.69, 9.17) is 9.72 Å². The predicted molar refractivity (Wildman–Crippen MR) is 107 cm³/mol. The van der Waals surface area contributed by atoms with Crippen LogP contribution in [-0.4, -0.2) is 39.5 Å². The summed E-state index contributed by atoms with van der Waals surface area (Å²) in [6, 6.07) is 7.73. The molecule has 1 fully saturated rings. The van der Waals surface area contributed by atoms with Crippen LogP contribution in [0.5, 0.6) is 5.75 Å². The molecular weight excluding hydrogens is 352 g/mol. The summed E-state index contributed by atoms with van der Waals surface area (Å²) < 4.78 is 6.09. The second-order valence-corrected chi connectivity index (χ2v) is 8.21. The van der Waals surface area contributed by atoms with Gasteiger partial charge in [-0.05, 0) is 51.3 Å². The fourth-order valence-electron chi connectivity index (χ4n) is 4.05. The number of nitrogens with zero attached hydrogens (tertiary/aromatic N) is 3. The molecule has 1 saturated heterocycles. The lowest BCUT2D eigenvalue weighted by atomic mass is 10.1. The van der Waals surface area contributed by atoms with Crippen molar-refractivity contribution in [2.24, 2.45) is 0 Å².